The minimum absolute atomic E-state index is 0.0483. The van der Waals surface area contributed by atoms with Crippen LogP contribution in [0.3, 0.4) is 0 Å². The Morgan fingerprint density at radius 1 is 1.14 bits per heavy atom. The van der Waals surface area contributed by atoms with Crippen LogP contribution in [0.1, 0.15) is 41.4 Å². The number of likely N-dealkylation sites (tertiary alicyclic amines) is 1. The summed E-state index contributed by atoms with van der Waals surface area (Å²) in [4.78, 5) is 18.2. The molecule has 0 amide bonds. The monoisotopic (exact) mass is 420 g/mol. The van der Waals surface area contributed by atoms with E-state index in [4.69, 9.17) is 0 Å². The van der Waals surface area contributed by atoms with Gasteiger partial charge in [-0.3, -0.25) is 9.69 Å². The summed E-state index contributed by atoms with van der Waals surface area (Å²) in [7, 11) is 0. The fraction of sp³-hybridized carbons (Fsp3) is 0.333. The number of aromatic nitrogens is 1. The number of thiazole rings is 1. The summed E-state index contributed by atoms with van der Waals surface area (Å²) in [5.41, 5.74) is -0.00273. The molecule has 8 heteroatoms. The molecule has 4 nitrogen and oxygen atoms in total. The largest absolute Gasteiger partial charge is 0.480 e. The summed E-state index contributed by atoms with van der Waals surface area (Å²) >= 11 is 1.31. The van der Waals surface area contributed by atoms with Gasteiger partial charge in [0.1, 0.15) is 11.0 Å². The Morgan fingerprint density at radius 2 is 1.86 bits per heavy atom. The first-order valence-corrected chi connectivity index (χ1v) is 10.2. The molecule has 1 aromatic heterocycles. The second-order valence-electron chi connectivity index (χ2n) is 7.10. The van der Waals surface area contributed by atoms with Crippen LogP contribution >= 0.6 is 11.3 Å². The number of halogens is 3. The smallest absolute Gasteiger partial charge is 0.416 e. The number of alkyl halides is 3. The predicted octanol–water partition coefficient (Wildman–Crippen LogP) is 5.34. The van der Waals surface area contributed by atoms with Crippen molar-refractivity contribution in [2.24, 2.45) is 0 Å². The Hall–Kier alpha value is -2.45. The number of fused-ring (bicyclic) bond motifs is 1. The van der Waals surface area contributed by atoms with E-state index < -0.39 is 29.8 Å². The van der Waals surface area contributed by atoms with Crippen molar-refractivity contribution in [1.29, 1.82) is 0 Å². The molecule has 0 radical (unpaired) electrons. The number of carboxylic acid groups (broad SMARTS) is 1. The Bertz CT molecular complexity index is 1000. The lowest BCUT2D eigenvalue weighted by Gasteiger charge is -2.39. The first-order chi connectivity index (χ1) is 13.9. The molecule has 3 aromatic rings. The fourth-order valence-electron chi connectivity index (χ4n) is 3.98. The Labute approximate surface area is 169 Å². The zero-order chi connectivity index (χ0) is 20.6. The Kier molecular flexibility index (Phi) is 5.31. The summed E-state index contributed by atoms with van der Waals surface area (Å²) in [5, 5.41) is 10.2. The molecule has 29 heavy (non-hydrogen) atoms. The van der Waals surface area contributed by atoms with Crippen molar-refractivity contribution in [2.75, 3.05) is 6.54 Å². The van der Waals surface area contributed by atoms with Crippen LogP contribution in [0.25, 0.3) is 10.2 Å². The number of hydrogen-bond acceptors (Lipinski definition) is 4. The van der Waals surface area contributed by atoms with Crippen LogP contribution in [0.15, 0.2) is 48.5 Å². The number of aliphatic carboxylic acids is 1. The average molecular weight is 420 g/mol. The number of nitrogens with zero attached hydrogens (tertiary/aromatic N) is 2. The summed E-state index contributed by atoms with van der Waals surface area (Å²) in [6, 6.07) is 11.0. The van der Waals surface area contributed by atoms with Crippen molar-refractivity contribution in [3.8, 4) is 0 Å². The van der Waals surface area contributed by atoms with Crippen LogP contribution in [0, 0.1) is 0 Å². The SMILES string of the molecule is O=C(O)C1CCCCN1C(c1nc2ccccc2s1)c1ccccc1C(F)(F)F. The number of carboxylic acids is 1. The third-order valence-electron chi connectivity index (χ3n) is 5.27. The van der Waals surface area contributed by atoms with Crippen LogP contribution in [0.5, 0.6) is 0 Å². The molecule has 2 heterocycles. The van der Waals surface area contributed by atoms with E-state index in [2.05, 4.69) is 4.98 Å². The van der Waals surface area contributed by atoms with E-state index in [1.54, 1.807) is 11.0 Å². The van der Waals surface area contributed by atoms with E-state index in [0.717, 1.165) is 23.6 Å². The molecule has 0 bridgehead atoms. The van der Waals surface area contributed by atoms with Crippen LogP contribution in [-0.4, -0.2) is 33.5 Å². The number of hydrogen-bond donors (Lipinski definition) is 1. The van der Waals surface area contributed by atoms with Gasteiger partial charge in [0.2, 0.25) is 0 Å². The predicted molar refractivity (Wildman–Crippen MR) is 105 cm³/mol. The molecule has 4 rings (SSSR count). The van der Waals surface area contributed by atoms with Crippen molar-refractivity contribution >= 4 is 27.5 Å². The zero-order valence-electron chi connectivity index (χ0n) is 15.4. The van der Waals surface area contributed by atoms with Crippen LogP contribution < -0.4 is 0 Å². The van der Waals surface area contributed by atoms with Gasteiger partial charge in [-0.2, -0.15) is 13.2 Å². The Morgan fingerprint density at radius 3 is 2.59 bits per heavy atom. The average Bonchev–Trinajstić information content (AvgIpc) is 3.11. The molecule has 1 saturated heterocycles. The first kappa shape index (κ1) is 19.8. The van der Waals surface area contributed by atoms with Gasteiger partial charge in [0, 0.05) is 6.54 Å². The maximum atomic E-state index is 13.8. The fourth-order valence-corrected chi connectivity index (χ4v) is 5.09. The standard InChI is InChI=1S/C21H19F3N2O2S/c22-21(23,24)14-8-2-1-7-13(14)18(26-12-6-5-10-16(26)20(27)28)19-25-15-9-3-4-11-17(15)29-19/h1-4,7-9,11,16,18H,5-6,10,12H2,(H,27,28). The normalized spacial score (nSPS) is 19.3. The van der Waals surface area contributed by atoms with Crippen molar-refractivity contribution < 1.29 is 23.1 Å². The van der Waals surface area contributed by atoms with Gasteiger partial charge < -0.3 is 5.11 Å². The number of piperidine rings is 1. The van der Waals surface area contributed by atoms with Gasteiger partial charge in [-0.05, 0) is 36.6 Å². The number of benzene rings is 2. The zero-order valence-corrected chi connectivity index (χ0v) is 16.2. The lowest BCUT2D eigenvalue weighted by Crippen LogP contribution is -2.47. The molecule has 0 aliphatic carbocycles. The highest BCUT2D eigenvalue weighted by Gasteiger charge is 2.41. The van der Waals surface area contributed by atoms with E-state index in [1.165, 1.54) is 23.5 Å². The van der Waals surface area contributed by atoms with E-state index in [1.807, 2.05) is 24.3 Å². The van der Waals surface area contributed by atoms with Crippen LogP contribution in [0.2, 0.25) is 0 Å². The van der Waals surface area contributed by atoms with Gasteiger partial charge in [-0.15, -0.1) is 11.3 Å². The summed E-state index contributed by atoms with van der Waals surface area (Å²) in [6.07, 6.45) is -2.66. The maximum absolute atomic E-state index is 13.8. The van der Waals surface area contributed by atoms with Gasteiger partial charge in [-0.25, -0.2) is 4.98 Å². The molecule has 2 unspecified atom stereocenters. The lowest BCUT2D eigenvalue weighted by atomic mass is 9.93. The van der Waals surface area contributed by atoms with Crippen LogP contribution in [0.4, 0.5) is 13.2 Å². The van der Waals surface area contributed by atoms with Crippen molar-refractivity contribution in [3.05, 3.63) is 64.7 Å². The lowest BCUT2D eigenvalue weighted by molar-refractivity contribution is -0.145. The Balaban J connectivity index is 1.92. The molecule has 152 valence electrons. The molecular weight excluding hydrogens is 401 g/mol. The van der Waals surface area contributed by atoms with Gasteiger partial charge in [0.25, 0.3) is 0 Å². The number of rotatable bonds is 4. The molecule has 1 N–H and O–H groups in total. The minimum atomic E-state index is -4.54. The highest BCUT2D eigenvalue weighted by molar-refractivity contribution is 7.18. The summed E-state index contributed by atoms with van der Waals surface area (Å²) in [6.45, 7) is 0.406. The molecule has 0 saturated carbocycles. The second-order valence-corrected chi connectivity index (χ2v) is 8.16. The molecule has 0 spiro atoms. The van der Waals surface area contributed by atoms with Gasteiger partial charge in [-0.1, -0.05) is 36.8 Å². The molecule has 1 aliphatic rings. The number of para-hydroxylation sites is 1. The third kappa shape index (κ3) is 3.86. The van der Waals surface area contributed by atoms with Gasteiger partial charge in [0.05, 0.1) is 21.8 Å². The van der Waals surface area contributed by atoms with Gasteiger partial charge in [0.15, 0.2) is 0 Å². The molecular formula is C21H19F3N2O2S. The van der Waals surface area contributed by atoms with E-state index in [-0.39, 0.29) is 5.56 Å². The van der Waals surface area contributed by atoms with E-state index in [0.29, 0.717) is 23.5 Å². The summed E-state index contributed by atoms with van der Waals surface area (Å²) in [5.74, 6) is -1.01. The molecule has 2 aromatic carbocycles. The summed E-state index contributed by atoms with van der Waals surface area (Å²) < 4.78 is 42.3. The topological polar surface area (TPSA) is 53.4 Å². The second kappa shape index (κ2) is 7.76. The van der Waals surface area contributed by atoms with E-state index in [9.17, 15) is 23.1 Å². The number of carbonyl (C=O) groups is 1. The quantitative estimate of drug-likeness (QED) is 0.619. The highest BCUT2D eigenvalue weighted by Crippen LogP contribution is 2.43. The molecule has 1 fully saturated rings. The highest BCUT2D eigenvalue weighted by atomic mass is 32.1. The van der Waals surface area contributed by atoms with Crippen molar-refractivity contribution in [2.45, 2.75) is 37.5 Å². The van der Waals surface area contributed by atoms with Crippen molar-refractivity contribution in [3.63, 3.8) is 0 Å². The van der Waals surface area contributed by atoms with E-state index >= 15 is 0 Å². The first-order valence-electron chi connectivity index (χ1n) is 9.36. The minimum Gasteiger partial charge on any atom is -0.480 e. The molecule has 2 atom stereocenters. The third-order valence-corrected chi connectivity index (χ3v) is 6.35. The molecule has 1 aliphatic heterocycles. The van der Waals surface area contributed by atoms with Crippen LogP contribution in [-0.2, 0) is 11.0 Å². The maximum Gasteiger partial charge on any atom is 0.416 e. The van der Waals surface area contributed by atoms with Crippen molar-refractivity contribution in [1.82, 2.24) is 9.88 Å². The van der Waals surface area contributed by atoms with Gasteiger partial charge >= 0.3 is 12.1 Å².